The highest BCUT2D eigenvalue weighted by molar-refractivity contribution is 5.77. The molecule has 1 fully saturated rings. The summed E-state index contributed by atoms with van der Waals surface area (Å²) in [6.07, 6.45) is 4.23. The lowest BCUT2D eigenvalue weighted by atomic mass is 9.87. The van der Waals surface area contributed by atoms with Gasteiger partial charge in [0.15, 0.2) is 0 Å². The van der Waals surface area contributed by atoms with Gasteiger partial charge in [0.1, 0.15) is 6.61 Å². The lowest BCUT2D eigenvalue weighted by Gasteiger charge is -2.26. The van der Waals surface area contributed by atoms with E-state index in [0.717, 1.165) is 32.1 Å². The van der Waals surface area contributed by atoms with Crippen LogP contribution < -0.4 is 5.32 Å². The smallest absolute Gasteiger partial charge is 0.308 e. The summed E-state index contributed by atoms with van der Waals surface area (Å²) in [6.45, 7) is 2.82. The number of amides is 1. The van der Waals surface area contributed by atoms with Crippen molar-refractivity contribution in [1.82, 2.24) is 5.32 Å². The van der Waals surface area contributed by atoms with Crippen LogP contribution in [0.15, 0.2) is 0 Å². The van der Waals surface area contributed by atoms with Crippen LogP contribution in [0.4, 0.5) is 0 Å². The van der Waals surface area contributed by atoms with E-state index in [2.05, 4.69) is 5.32 Å². The van der Waals surface area contributed by atoms with Gasteiger partial charge < -0.3 is 14.8 Å². The third-order valence-corrected chi connectivity index (χ3v) is 3.23. The molecule has 1 rings (SSSR count). The van der Waals surface area contributed by atoms with Gasteiger partial charge in [0.2, 0.25) is 5.91 Å². The minimum Gasteiger partial charge on any atom is -0.469 e. The molecule has 0 unspecified atom stereocenters. The van der Waals surface area contributed by atoms with Crippen molar-refractivity contribution in [2.24, 2.45) is 5.92 Å². The van der Waals surface area contributed by atoms with E-state index in [-0.39, 0.29) is 30.5 Å². The molecule has 0 radical (unpaired) electrons. The Kier molecular flexibility index (Phi) is 6.72. The van der Waals surface area contributed by atoms with E-state index >= 15 is 0 Å². The van der Waals surface area contributed by atoms with Crippen molar-refractivity contribution in [2.75, 3.05) is 20.3 Å². The lowest BCUT2D eigenvalue weighted by Crippen LogP contribution is -2.32. The number of methoxy groups -OCH3 is 1. The SMILES string of the molecule is CCCNC(=O)COC1CCC(C(=O)OC)CC1. The Morgan fingerprint density at radius 2 is 1.89 bits per heavy atom. The summed E-state index contributed by atoms with van der Waals surface area (Å²) in [7, 11) is 1.42. The summed E-state index contributed by atoms with van der Waals surface area (Å²) in [5.74, 6) is -0.190. The third-order valence-electron chi connectivity index (χ3n) is 3.23. The van der Waals surface area contributed by atoms with Crippen molar-refractivity contribution in [3.05, 3.63) is 0 Å². The minimum atomic E-state index is -0.130. The number of esters is 1. The van der Waals surface area contributed by atoms with E-state index in [1.165, 1.54) is 7.11 Å². The number of carbonyl (C=O) groups excluding carboxylic acids is 2. The molecule has 0 aromatic rings. The second-order valence-corrected chi connectivity index (χ2v) is 4.66. The van der Waals surface area contributed by atoms with Crippen LogP contribution in [-0.4, -0.2) is 38.2 Å². The van der Waals surface area contributed by atoms with E-state index in [9.17, 15) is 9.59 Å². The highest BCUT2D eigenvalue weighted by atomic mass is 16.5. The van der Waals surface area contributed by atoms with Gasteiger partial charge in [0, 0.05) is 6.54 Å². The molecular weight excluding hydrogens is 234 g/mol. The van der Waals surface area contributed by atoms with Crippen LogP contribution >= 0.6 is 0 Å². The maximum absolute atomic E-state index is 11.4. The first-order valence-corrected chi connectivity index (χ1v) is 6.63. The van der Waals surface area contributed by atoms with Crippen molar-refractivity contribution in [3.63, 3.8) is 0 Å². The predicted octanol–water partition coefficient (Wildman–Crippen LogP) is 1.26. The number of ether oxygens (including phenoxy) is 2. The zero-order valence-electron chi connectivity index (χ0n) is 11.2. The first-order chi connectivity index (χ1) is 8.67. The molecule has 18 heavy (non-hydrogen) atoms. The molecule has 104 valence electrons. The van der Waals surface area contributed by atoms with Crippen molar-refractivity contribution in [3.8, 4) is 0 Å². The molecule has 1 amide bonds. The van der Waals surface area contributed by atoms with Crippen LogP contribution in [0.1, 0.15) is 39.0 Å². The fourth-order valence-electron chi connectivity index (χ4n) is 2.14. The van der Waals surface area contributed by atoms with Gasteiger partial charge in [0.25, 0.3) is 0 Å². The quantitative estimate of drug-likeness (QED) is 0.728. The predicted molar refractivity (Wildman–Crippen MR) is 67.0 cm³/mol. The molecule has 1 N–H and O–H groups in total. The molecule has 0 saturated heterocycles. The zero-order chi connectivity index (χ0) is 13.4. The topological polar surface area (TPSA) is 64.6 Å². The van der Waals surface area contributed by atoms with Crippen molar-refractivity contribution in [2.45, 2.75) is 45.1 Å². The molecule has 0 bridgehead atoms. The molecular formula is C13H23NO4. The van der Waals surface area contributed by atoms with Crippen molar-refractivity contribution in [1.29, 1.82) is 0 Å². The molecule has 0 aromatic carbocycles. The first kappa shape index (κ1) is 15.0. The average molecular weight is 257 g/mol. The van der Waals surface area contributed by atoms with Crippen LogP contribution in [0, 0.1) is 5.92 Å². The lowest BCUT2D eigenvalue weighted by molar-refractivity contribution is -0.148. The van der Waals surface area contributed by atoms with Gasteiger partial charge in [-0.2, -0.15) is 0 Å². The second kappa shape index (κ2) is 8.08. The number of nitrogens with one attached hydrogen (secondary N) is 1. The Hall–Kier alpha value is -1.10. The summed E-state index contributed by atoms with van der Waals surface area (Å²) in [4.78, 5) is 22.7. The maximum Gasteiger partial charge on any atom is 0.308 e. The molecule has 0 atom stereocenters. The normalized spacial score (nSPS) is 23.4. The Bertz CT molecular complexity index is 272. The van der Waals surface area contributed by atoms with Gasteiger partial charge in [-0.15, -0.1) is 0 Å². The summed E-state index contributed by atoms with van der Waals surface area (Å²) in [5.41, 5.74) is 0. The summed E-state index contributed by atoms with van der Waals surface area (Å²) in [5, 5.41) is 2.77. The van der Waals surface area contributed by atoms with Gasteiger partial charge in [-0.1, -0.05) is 6.92 Å². The van der Waals surface area contributed by atoms with E-state index in [4.69, 9.17) is 9.47 Å². The Morgan fingerprint density at radius 1 is 1.22 bits per heavy atom. The number of hydrogen-bond acceptors (Lipinski definition) is 4. The number of hydrogen-bond donors (Lipinski definition) is 1. The van der Waals surface area contributed by atoms with E-state index in [1.54, 1.807) is 0 Å². The molecule has 1 aliphatic carbocycles. The summed E-state index contributed by atoms with van der Waals surface area (Å²) < 4.78 is 10.3. The second-order valence-electron chi connectivity index (χ2n) is 4.66. The molecule has 0 spiro atoms. The van der Waals surface area contributed by atoms with Gasteiger partial charge in [-0.3, -0.25) is 9.59 Å². The summed E-state index contributed by atoms with van der Waals surface area (Å²) in [6, 6.07) is 0. The molecule has 1 aliphatic rings. The van der Waals surface area contributed by atoms with Gasteiger partial charge >= 0.3 is 5.97 Å². The van der Waals surface area contributed by atoms with E-state index in [1.807, 2.05) is 6.92 Å². The number of carbonyl (C=O) groups is 2. The first-order valence-electron chi connectivity index (χ1n) is 6.63. The Balaban J connectivity index is 2.15. The van der Waals surface area contributed by atoms with E-state index in [0.29, 0.717) is 6.54 Å². The van der Waals surface area contributed by atoms with Crippen LogP contribution in [0.25, 0.3) is 0 Å². The van der Waals surface area contributed by atoms with Crippen LogP contribution in [0.5, 0.6) is 0 Å². The van der Waals surface area contributed by atoms with E-state index < -0.39 is 0 Å². The highest BCUT2D eigenvalue weighted by Crippen LogP contribution is 2.26. The molecule has 0 aliphatic heterocycles. The maximum atomic E-state index is 11.4. The Labute approximate surface area is 108 Å². The van der Waals surface area contributed by atoms with Crippen LogP contribution in [0.3, 0.4) is 0 Å². The van der Waals surface area contributed by atoms with Gasteiger partial charge in [-0.25, -0.2) is 0 Å². The van der Waals surface area contributed by atoms with Crippen LogP contribution in [-0.2, 0) is 19.1 Å². The van der Waals surface area contributed by atoms with Crippen molar-refractivity contribution < 1.29 is 19.1 Å². The highest BCUT2D eigenvalue weighted by Gasteiger charge is 2.27. The standard InChI is InChI=1S/C13H23NO4/c1-3-8-14-12(15)9-18-11-6-4-10(5-7-11)13(16)17-2/h10-11H,3-9H2,1-2H3,(H,14,15). The molecule has 0 heterocycles. The fourth-order valence-corrected chi connectivity index (χ4v) is 2.14. The largest absolute Gasteiger partial charge is 0.469 e. The average Bonchev–Trinajstić information content (AvgIpc) is 2.42. The monoisotopic (exact) mass is 257 g/mol. The van der Waals surface area contributed by atoms with Gasteiger partial charge in [-0.05, 0) is 32.1 Å². The summed E-state index contributed by atoms with van der Waals surface area (Å²) >= 11 is 0. The molecule has 1 saturated carbocycles. The van der Waals surface area contributed by atoms with Gasteiger partial charge in [0.05, 0.1) is 19.1 Å². The zero-order valence-corrected chi connectivity index (χ0v) is 11.2. The Morgan fingerprint density at radius 3 is 2.44 bits per heavy atom. The molecule has 5 heteroatoms. The van der Waals surface area contributed by atoms with Crippen LogP contribution in [0.2, 0.25) is 0 Å². The minimum absolute atomic E-state index is 0.00349. The van der Waals surface area contributed by atoms with Crippen molar-refractivity contribution >= 4 is 11.9 Å². The number of rotatable bonds is 6. The molecule has 0 aromatic heterocycles. The molecule has 5 nitrogen and oxygen atoms in total. The fraction of sp³-hybridized carbons (Fsp3) is 0.846. The third kappa shape index (κ3) is 5.04.